The Morgan fingerprint density at radius 3 is 1.96 bits per heavy atom. The number of hydrogen-bond acceptors (Lipinski definition) is 2. The first-order valence-corrected chi connectivity index (χ1v) is 8.80. The van der Waals surface area contributed by atoms with Gasteiger partial charge in [0.15, 0.2) is 0 Å². The first-order valence-electron chi connectivity index (χ1n) is 8.80. The van der Waals surface area contributed by atoms with Gasteiger partial charge < -0.3 is 5.73 Å². The Labute approximate surface area is 140 Å². The van der Waals surface area contributed by atoms with Gasteiger partial charge in [0, 0.05) is 6.54 Å². The number of likely N-dealkylation sites (tertiary alicyclic amines) is 1. The Balaban J connectivity index is 1.52. The van der Waals surface area contributed by atoms with Crippen LogP contribution in [0.3, 0.4) is 0 Å². The molecule has 0 bridgehead atoms. The fourth-order valence-corrected chi connectivity index (χ4v) is 3.64. The van der Waals surface area contributed by atoms with E-state index < -0.39 is 0 Å². The van der Waals surface area contributed by atoms with E-state index in [1.165, 1.54) is 43.5 Å². The van der Waals surface area contributed by atoms with Gasteiger partial charge in [0.25, 0.3) is 0 Å². The molecule has 2 N–H and O–H groups in total. The number of nitrogens with two attached hydrogens (primary N) is 1. The summed E-state index contributed by atoms with van der Waals surface area (Å²) in [6.07, 6.45) is 4.82. The summed E-state index contributed by atoms with van der Waals surface area (Å²) in [5.74, 6) is 0. The fraction of sp³-hybridized carbons (Fsp3) is 0.429. The molecule has 0 aromatic heterocycles. The molecule has 0 atom stereocenters. The van der Waals surface area contributed by atoms with Crippen LogP contribution in [0.15, 0.2) is 60.7 Å². The van der Waals surface area contributed by atoms with Gasteiger partial charge in [-0.1, -0.05) is 60.7 Å². The molecule has 0 aliphatic carbocycles. The molecule has 1 aliphatic heterocycles. The Morgan fingerprint density at radius 2 is 1.39 bits per heavy atom. The van der Waals surface area contributed by atoms with Gasteiger partial charge in [-0.2, -0.15) is 0 Å². The zero-order valence-corrected chi connectivity index (χ0v) is 14.0. The molecule has 1 aliphatic rings. The normalized spacial score (nSPS) is 18.0. The quantitative estimate of drug-likeness (QED) is 0.878. The maximum atomic E-state index is 6.18. The van der Waals surface area contributed by atoms with E-state index in [1.807, 2.05) is 0 Å². The lowest BCUT2D eigenvalue weighted by atomic mass is 9.74. The van der Waals surface area contributed by atoms with Gasteiger partial charge in [-0.15, -0.1) is 0 Å². The molecule has 0 unspecified atom stereocenters. The molecule has 3 rings (SSSR count). The van der Waals surface area contributed by atoms with Crippen molar-refractivity contribution in [1.29, 1.82) is 0 Å². The zero-order valence-electron chi connectivity index (χ0n) is 14.0. The summed E-state index contributed by atoms with van der Waals surface area (Å²) < 4.78 is 0. The summed E-state index contributed by atoms with van der Waals surface area (Å²) in [6, 6.07) is 21.6. The second-order valence-corrected chi connectivity index (χ2v) is 6.95. The van der Waals surface area contributed by atoms with Gasteiger partial charge in [-0.3, -0.25) is 4.90 Å². The minimum atomic E-state index is 0.336. The SMILES string of the molecule is NCC1(CCc2ccccc2)CCN(Cc2ccccc2)CC1. The maximum Gasteiger partial charge on any atom is 0.0233 e. The Hall–Kier alpha value is -1.64. The van der Waals surface area contributed by atoms with E-state index in [0.717, 1.165) is 19.5 Å². The van der Waals surface area contributed by atoms with Crippen LogP contribution in [0, 0.1) is 5.41 Å². The number of rotatable bonds is 6. The lowest BCUT2D eigenvalue weighted by Gasteiger charge is -2.41. The van der Waals surface area contributed by atoms with Gasteiger partial charge in [0.1, 0.15) is 0 Å². The highest BCUT2D eigenvalue weighted by Crippen LogP contribution is 2.35. The van der Waals surface area contributed by atoms with Crippen LogP contribution in [0.5, 0.6) is 0 Å². The molecule has 1 fully saturated rings. The van der Waals surface area contributed by atoms with Crippen molar-refractivity contribution in [2.24, 2.45) is 11.1 Å². The Morgan fingerprint density at radius 1 is 0.826 bits per heavy atom. The largest absolute Gasteiger partial charge is 0.330 e. The average Bonchev–Trinajstić information content (AvgIpc) is 2.63. The minimum absolute atomic E-state index is 0.336. The summed E-state index contributed by atoms with van der Waals surface area (Å²) in [5.41, 5.74) is 9.37. The number of hydrogen-bond donors (Lipinski definition) is 1. The van der Waals surface area contributed by atoms with E-state index in [2.05, 4.69) is 65.6 Å². The number of piperidine rings is 1. The molecule has 23 heavy (non-hydrogen) atoms. The molecule has 2 nitrogen and oxygen atoms in total. The first-order chi connectivity index (χ1) is 11.3. The molecule has 0 spiro atoms. The zero-order chi connectivity index (χ0) is 16.0. The van der Waals surface area contributed by atoms with Crippen molar-refractivity contribution in [1.82, 2.24) is 4.90 Å². The van der Waals surface area contributed by atoms with Crippen LogP contribution in [0.25, 0.3) is 0 Å². The van der Waals surface area contributed by atoms with Crippen LogP contribution in [-0.4, -0.2) is 24.5 Å². The van der Waals surface area contributed by atoms with Crippen molar-refractivity contribution in [2.45, 2.75) is 32.2 Å². The summed E-state index contributed by atoms with van der Waals surface area (Å²) >= 11 is 0. The predicted molar refractivity (Wildman–Crippen MR) is 97.2 cm³/mol. The molecule has 0 amide bonds. The van der Waals surface area contributed by atoms with Crippen LogP contribution in [0.1, 0.15) is 30.4 Å². The third kappa shape index (κ3) is 4.43. The topological polar surface area (TPSA) is 29.3 Å². The molecule has 2 aromatic carbocycles. The molecular formula is C21H28N2. The highest BCUT2D eigenvalue weighted by Gasteiger charge is 2.32. The monoisotopic (exact) mass is 308 g/mol. The van der Waals surface area contributed by atoms with Crippen LogP contribution in [-0.2, 0) is 13.0 Å². The van der Waals surface area contributed by atoms with Gasteiger partial charge in [0.2, 0.25) is 0 Å². The second-order valence-electron chi connectivity index (χ2n) is 6.95. The van der Waals surface area contributed by atoms with E-state index in [1.54, 1.807) is 0 Å². The molecule has 0 saturated carbocycles. The average molecular weight is 308 g/mol. The first kappa shape index (κ1) is 16.2. The van der Waals surface area contributed by atoms with Gasteiger partial charge in [-0.05, 0) is 61.9 Å². The van der Waals surface area contributed by atoms with Gasteiger partial charge in [-0.25, -0.2) is 0 Å². The molecule has 2 heteroatoms. The van der Waals surface area contributed by atoms with Crippen LogP contribution in [0.2, 0.25) is 0 Å². The van der Waals surface area contributed by atoms with Crippen molar-refractivity contribution in [3.63, 3.8) is 0 Å². The second kappa shape index (κ2) is 7.76. The van der Waals surface area contributed by atoms with Crippen molar-refractivity contribution in [2.75, 3.05) is 19.6 Å². The minimum Gasteiger partial charge on any atom is -0.330 e. The van der Waals surface area contributed by atoms with Crippen LogP contribution in [0.4, 0.5) is 0 Å². The molecule has 2 aromatic rings. The van der Waals surface area contributed by atoms with Crippen LogP contribution < -0.4 is 5.73 Å². The highest BCUT2D eigenvalue weighted by atomic mass is 15.1. The third-order valence-corrected chi connectivity index (χ3v) is 5.39. The maximum absolute atomic E-state index is 6.18. The summed E-state index contributed by atoms with van der Waals surface area (Å²) in [7, 11) is 0. The third-order valence-electron chi connectivity index (χ3n) is 5.39. The van der Waals surface area contributed by atoms with Crippen molar-refractivity contribution in [3.05, 3.63) is 71.8 Å². The molecule has 1 heterocycles. The van der Waals surface area contributed by atoms with Gasteiger partial charge in [0.05, 0.1) is 0 Å². The summed E-state index contributed by atoms with van der Waals surface area (Å²) in [4.78, 5) is 2.58. The molecule has 1 saturated heterocycles. The van der Waals surface area contributed by atoms with Gasteiger partial charge >= 0.3 is 0 Å². The molecule has 0 radical (unpaired) electrons. The standard InChI is InChI=1S/C21H28N2/c22-18-21(12-11-19-7-3-1-4-8-19)13-15-23(16-14-21)17-20-9-5-2-6-10-20/h1-10H,11-18,22H2. The van der Waals surface area contributed by atoms with Crippen LogP contribution >= 0.6 is 0 Å². The fourth-order valence-electron chi connectivity index (χ4n) is 3.64. The van der Waals surface area contributed by atoms with Crippen molar-refractivity contribution in [3.8, 4) is 0 Å². The highest BCUT2D eigenvalue weighted by molar-refractivity contribution is 5.16. The smallest absolute Gasteiger partial charge is 0.0233 e. The van der Waals surface area contributed by atoms with E-state index in [-0.39, 0.29) is 0 Å². The van der Waals surface area contributed by atoms with E-state index in [9.17, 15) is 0 Å². The molecular weight excluding hydrogens is 280 g/mol. The lowest BCUT2D eigenvalue weighted by Crippen LogP contribution is -2.43. The Bertz CT molecular complexity index is 571. The number of nitrogens with zero attached hydrogens (tertiary/aromatic N) is 1. The Kier molecular flexibility index (Phi) is 5.47. The van der Waals surface area contributed by atoms with Crippen molar-refractivity contribution >= 4 is 0 Å². The predicted octanol–water partition coefficient (Wildman–Crippen LogP) is 3.86. The van der Waals surface area contributed by atoms with E-state index in [0.29, 0.717) is 5.41 Å². The van der Waals surface area contributed by atoms with Crippen molar-refractivity contribution < 1.29 is 0 Å². The van der Waals surface area contributed by atoms with E-state index >= 15 is 0 Å². The molecule has 122 valence electrons. The number of aryl methyl sites for hydroxylation is 1. The lowest BCUT2D eigenvalue weighted by molar-refractivity contribution is 0.0970. The summed E-state index contributed by atoms with van der Waals surface area (Å²) in [5, 5.41) is 0. The summed E-state index contributed by atoms with van der Waals surface area (Å²) in [6.45, 7) is 4.22. The van der Waals surface area contributed by atoms with E-state index in [4.69, 9.17) is 5.73 Å². The number of benzene rings is 2.